The number of anilines is 1. The van der Waals surface area contributed by atoms with Crippen molar-refractivity contribution in [2.45, 2.75) is 0 Å². The molecule has 5 aromatic rings. The standard InChI is InChI=1S/C29H19N3O2S/c30-19-24(27(33)31-25-17-9-13-21-12-7-8-16-23(21)25)28-32(22-14-5-2-6-15-22)26(29(34)35-28)18-20-10-3-1-4-11-20/h1-18H,(H,31,33)/b26-18+,28-24+. The number of nitrogens with one attached hydrogen (secondary N) is 1. The Morgan fingerprint density at radius 1 is 0.857 bits per heavy atom. The lowest BCUT2D eigenvalue weighted by atomic mass is 10.1. The minimum Gasteiger partial charge on any atom is -0.321 e. The Morgan fingerprint density at radius 2 is 1.51 bits per heavy atom. The molecule has 0 fully saturated rings. The van der Waals surface area contributed by atoms with Gasteiger partial charge in [-0.05, 0) is 35.2 Å². The summed E-state index contributed by atoms with van der Waals surface area (Å²) in [6.45, 7) is 0. The van der Waals surface area contributed by atoms with E-state index in [1.54, 1.807) is 16.7 Å². The van der Waals surface area contributed by atoms with Gasteiger partial charge in [0.15, 0.2) is 5.57 Å². The molecule has 168 valence electrons. The third kappa shape index (κ3) is 4.41. The number of hydrogen-bond donors (Lipinski definition) is 1. The highest BCUT2D eigenvalue weighted by Gasteiger charge is 2.17. The molecule has 5 nitrogen and oxygen atoms in total. The van der Waals surface area contributed by atoms with E-state index in [2.05, 4.69) is 5.32 Å². The molecule has 0 radical (unpaired) electrons. The first-order valence-corrected chi connectivity index (χ1v) is 11.7. The van der Waals surface area contributed by atoms with Crippen LogP contribution < -0.4 is 20.1 Å². The van der Waals surface area contributed by atoms with Crippen LogP contribution in [0.25, 0.3) is 28.1 Å². The molecule has 4 aromatic carbocycles. The first-order chi connectivity index (χ1) is 17.2. The maximum absolute atomic E-state index is 13.4. The van der Waals surface area contributed by atoms with Gasteiger partial charge in [-0.2, -0.15) is 5.26 Å². The number of fused-ring (bicyclic) bond motifs is 1. The Morgan fingerprint density at radius 3 is 2.26 bits per heavy atom. The van der Waals surface area contributed by atoms with Crippen molar-refractivity contribution in [3.63, 3.8) is 0 Å². The van der Waals surface area contributed by atoms with Gasteiger partial charge in [-0.25, -0.2) is 0 Å². The van der Waals surface area contributed by atoms with Gasteiger partial charge in [0.25, 0.3) is 10.6 Å². The molecule has 0 spiro atoms. The van der Waals surface area contributed by atoms with Crippen molar-refractivity contribution in [3.8, 4) is 11.8 Å². The third-order valence-electron chi connectivity index (χ3n) is 5.55. The van der Waals surface area contributed by atoms with Crippen LogP contribution >= 0.6 is 11.3 Å². The summed E-state index contributed by atoms with van der Waals surface area (Å²) in [6.07, 6.45) is 1.77. The van der Waals surface area contributed by atoms with Crippen LogP contribution in [0.5, 0.6) is 0 Å². The second-order valence-corrected chi connectivity index (χ2v) is 8.74. The molecule has 0 bridgehead atoms. The van der Waals surface area contributed by atoms with Crippen molar-refractivity contribution in [1.29, 1.82) is 5.26 Å². The van der Waals surface area contributed by atoms with E-state index in [1.165, 1.54) is 0 Å². The van der Waals surface area contributed by atoms with Crippen LogP contribution in [0.4, 0.5) is 5.69 Å². The topological polar surface area (TPSA) is 74.9 Å². The second-order valence-electron chi connectivity index (χ2n) is 7.77. The second kappa shape index (κ2) is 9.64. The van der Waals surface area contributed by atoms with Gasteiger partial charge in [-0.1, -0.05) is 96.3 Å². The Bertz CT molecular complexity index is 1760. The smallest absolute Gasteiger partial charge is 0.269 e. The van der Waals surface area contributed by atoms with E-state index in [0.717, 1.165) is 27.7 Å². The van der Waals surface area contributed by atoms with E-state index in [-0.39, 0.29) is 15.0 Å². The fourth-order valence-corrected chi connectivity index (χ4v) is 4.89. The molecule has 6 heteroatoms. The summed E-state index contributed by atoms with van der Waals surface area (Å²) in [5.41, 5.74) is 2.00. The van der Waals surface area contributed by atoms with Gasteiger partial charge in [0.05, 0.1) is 0 Å². The van der Waals surface area contributed by atoms with Crippen LogP contribution in [0, 0.1) is 11.3 Å². The molecule has 1 N–H and O–H groups in total. The molecule has 0 aliphatic carbocycles. The minimum atomic E-state index is -0.568. The summed E-state index contributed by atoms with van der Waals surface area (Å²) in [5, 5.41) is 15.1. The summed E-state index contributed by atoms with van der Waals surface area (Å²) in [6, 6.07) is 34.1. The predicted molar refractivity (Wildman–Crippen MR) is 141 cm³/mol. The van der Waals surface area contributed by atoms with E-state index in [9.17, 15) is 14.9 Å². The fourth-order valence-electron chi connectivity index (χ4n) is 3.93. The van der Waals surface area contributed by atoms with E-state index in [1.807, 2.05) is 103 Å². The molecule has 0 aliphatic heterocycles. The highest BCUT2D eigenvalue weighted by molar-refractivity contribution is 7.07. The number of rotatable bonds is 4. The summed E-state index contributed by atoms with van der Waals surface area (Å²) in [4.78, 5) is 26.5. The Kier molecular flexibility index (Phi) is 6.08. The van der Waals surface area contributed by atoms with E-state index < -0.39 is 5.91 Å². The Labute approximate surface area is 205 Å². The number of nitriles is 1. The summed E-state index contributed by atoms with van der Waals surface area (Å²) in [7, 11) is 0. The number of thiazole rings is 1. The molecule has 0 saturated heterocycles. The quantitative estimate of drug-likeness (QED) is 0.425. The van der Waals surface area contributed by atoms with Crippen LogP contribution in [-0.4, -0.2) is 10.5 Å². The van der Waals surface area contributed by atoms with Gasteiger partial charge >= 0.3 is 0 Å². The summed E-state index contributed by atoms with van der Waals surface area (Å²) in [5.74, 6) is -0.568. The third-order valence-corrected chi connectivity index (χ3v) is 6.53. The number of carbonyl (C=O) groups excluding carboxylic acids is 1. The van der Waals surface area contributed by atoms with Gasteiger partial charge in [0, 0.05) is 16.8 Å². The van der Waals surface area contributed by atoms with Gasteiger partial charge < -0.3 is 5.32 Å². The zero-order chi connectivity index (χ0) is 24.2. The van der Waals surface area contributed by atoms with Crippen molar-refractivity contribution >= 4 is 45.4 Å². The largest absolute Gasteiger partial charge is 0.321 e. The van der Waals surface area contributed by atoms with Gasteiger partial charge in [-0.3, -0.25) is 14.2 Å². The molecule has 0 atom stereocenters. The number of carbonyl (C=O) groups is 1. The molecule has 0 aliphatic rings. The molecule has 1 amide bonds. The van der Waals surface area contributed by atoms with Crippen molar-refractivity contribution in [1.82, 2.24) is 4.57 Å². The number of aromatic nitrogens is 1. The molecule has 1 heterocycles. The SMILES string of the molecule is N#C/C(C(=O)Nc1cccc2ccccc12)=c1\sc(=O)/c(=C\c2ccccc2)n1-c1ccccc1. The monoisotopic (exact) mass is 473 g/mol. The molecule has 0 unspecified atom stereocenters. The van der Waals surface area contributed by atoms with Crippen LogP contribution in [0.15, 0.2) is 108 Å². The fraction of sp³-hybridized carbons (Fsp3) is 0. The predicted octanol–water partition coefficient (Wildman–Crippen LogP) is 4.19. The zero-order valence-electron chi connectivity index (χ0n) is 18.5. The van der Waals surface area contributed by atoms with Gasteiger partial charge in [0.2, 0.25) is 0 Å². The van der Waals surface area contributed by atoms with Crippen molar-refractivity contribution in [3.05, 3.63) is 128 Å². The highest BCUT2D eigenvalue weighted by atomic mass is 32.1. The normalized spacial score (nSPS) is 12.3. The van der Waals surface area contributed by atoms with Crippen molar-refractivity contribution < 1.29 is 4.79 Å². The van der Waals surface area contributed by atoms with Crippen LogP contribution in [0.1, 0.15) is 5.56 Å². The minimum absolute atomic E-state index is 0.128. The lowest BCUT2D eigenvalue weighted by Gasteiger charge is -2.09. The number of benzene rings is 4. The average molecular weight is 474 g/mol. The highest BCUT2D eigenvalue weighted by Crippen LogP contribution is 2.23. The molecule has 0 saturated carbocycles. The van der Waals surface area contributed by atoms with Crippen LogP contribution in [0.2, 0.25) is 0 Å². The number of nitrogens with zero attached hydrogens (tertiary/aromatic N) is 2. The maximum Gasteiger partial charge on any atom is 0.269 e. The summed E-state index contributed by atoms with van der Waals surface area (Å²) >= 11 is 0.886. The average Bonchev–Trinajstić information content (AvgIpc) is 3.21. The van der Waals surface area contributed by atoms with Crippen molar-refractivity contribution in [2.24, 2.45) is 0 Å². The Balaban J connectivity index is 1.73. The van der Waals surface area contributed by atoms with Gasteiger partial charge in [-0.15, -0.1) is 0 Å². The van der Waals surface area contributed by atoms with Crippen LogP contribution in [-0.2, 0) is 4.79 Å². The molecular weight excluding hydrogens is 454 g/mol. The van der Waals surface area contributed by atoms with Crippen LogP contribution in [0.3, 0.4) is 0 Å². The lowest BCUT2D eigenvalue weighted by Crippen LogP contribution is -2.33. The van der Waals surface area contributed by atoms with Gasteiger partial charge in [0.1, 0.15) is 16.1 Å². The lowest BCUT2D eigenvalue weighted by molar-refractivity contribution is -0.111. The van der Waals surface area contributed by atoms with Crippen molar-refractivity contribution in [2.75, 3.05) is 5.32 Å². The molecular formula is C29H19N3O2S. The molecule has 1 aromatic heterocycles. The van der Waals surface area contributed by atoms with E-state index in [0.29, 0.717) is 16.7 Å². The summed E-state index contributed by atoms with van der Waals surface area (Å²) < 4.78 is 1.73. The molecule has 35 heavy (non-hydrogen) atoms. The number of para-hydroxylation sites is 1. The number of hydrogen-bond acceptors (Lipinski definition) is 4. The number of amides is 1. The molecule has 5 rings (SSSR count). The Hall–Kier alpha value is -4.73. The maximum atomic E-state index is 13.4. The first-order valence-electron chi connectivity index (χ1n) is 10.9. The van der Waals surface area contributed by atoms with E-state index in [4.69, 9.17) is 0 Å². The zero-order valence-corrected chi connectivity index (χ0v) is 19.3. The first kappa shape index (κ1) is 22.1. The van der Waals surface area contributed by atoms with E-state index >= 15 is 0 Å².